The number of ether oxygens (including phenoxy) is 3. The summed E-state index contributed by atoms with van der Waals surface area (Å²) < 4.78 is 53.4. The molecule has 0 saturated heterocycles. The van der Waals surface area contributed by atoms with Gasteiger partial charge in [0.2, 0.25) is 11.6 Å². The number of rotatable bonds is 26. The Morgan fingerprint density at radius 2 is 1.54 bits per heavy atom. The zero-order valence-electron chi connectivity index (χ0n) is 36.1. The zero-order valence-corrected chi connectivity index (χ0v) is 41.2. The van der Waals surface area contributed by atoms with Crippen LogP contribution in [0.2, 0.25) is 0 Å². The lowest BCUT2D eigenvalue weighted by atomic mass is 9.75. The summed E-state index contributed by atoms with van der Waals surface area (Å²) in [5.74, 6) is -1.19. The Hall–Kier alpha value is -2.94. The zero-order chi connectivity index (χ0) is 44.6. The van der Waals surface area contributed by atoms with E-state index in [0.29, 0.717) is 78.2 Å². The highest BCUT2D eigenvalue weighted by Crippen LogP contribution is 2.49. The minimum absolute atomic E-state index is 0.0328. The lowest BCUT2D eigenvalue weighted by molar-refractivity contribution is -0.438. The first-order valence-electron chi connectivity index (χ1n) is 20.8. The number of carboxylic acids is 1. The van der Waals surface area contributed by atoms with Gasteiger partial charge in [0.25, 0.3) is 10.1 Å². The van der Waals surface area contributed by atoms with Gasteiger partial charge < -0.3 is 29.5 Å². The molecule has 1 amide bonds. The van der Waals surface area contributed by atoms with Crippen molar-refractivity contribution in [3.05, 3.63) is 102 Å². The number of anilines is 1. The van der Waals surface area contributed by atoms with Crippen LogP contribution in [0, 0.1) is 14.1 Å². The molecule has 1 unspecified atom stereocenters. The van der Waals surface area contributed by atoms with E-state index < -0.39 is 21.5 Å². The van der Waals surface area contributed by atoms with E-state index in [4.69, 9.17) is 19.3 Å². The maximum absolute atomic E-state index is 12.7. The number of amides is 1. The third-order valence-corrected chi connectivity index (χ3v) is 13.3. The van der Waals surface area contributed by atoms with E-state index >= 15 is 0 Å². The van der Waals surface area contributed by atoms with Gasteiger partial charge in [-0.1, -0.05) is 62.3 Å². The maximum atomic E-state index is 12.7. The van der Waals surface area contributed by atoms with Crippen molar-refractivity contribution < 1.29 is 46.5 Å². The highest BCUT2D eigenvalue weighted by Gasteiger charge is 2.47. The number of halogens is 2. The average Bonchev–Trinajstić information content (AvgIpc) is 3.52. The first kappa shape index (κ1) is 50.7. The lowest BCUT2D eigenvalue weighted by Crippen LogP contribution is -2.31. The van der Waals surface area contributed by atoms with E-state index in [2.05, 4.69) is 149 Å². The number of hydrogen-bond donors (Lipinski definition) is 3. The standard InChI is InChI=1S/C46H61I2N3O9S/c1-34-18-19-38-36(31-34)46(4,21-12-14-30-61(55,56)57)41(16-10-8-6-7-9-15-40-45(2,3)44-37(48)32-35(47)33-39(44)50(40)5)51(38)23-13-11-17-42(52)49-22-25-59-27-29-60-28-26-58-24-20-43(53)54/h6-10,15-16,18-19,31-33H,11-14,17,20-30H2,1-5H3,(H2-,49,52,53,54,55,56,57)/p+1. The summed E-state index contributed by atoms with van der Waals surface area (Å²) in [7, 11) is -1.92. The van der Waals surface area contributed by atoms with Crippen molar-refractivity contribution >= 4 is 84.3 Å². The Morgan fingerprint density at radius 1 is 0.869 bits per heavy atom. The number of nitrogens with zero attached hydrogens (tertiary/aromatic N) is 2. The summed E-state index contributed by atoms with van der Waals surface area (Å²) in [6.45, 7) is 11.9. The number of nitrogens with one attached hydrogen (secondary N) is 1. The number of allylic oxidation sites excluding steroid dienone is 8. The van der Waals surface area contributed by atoms with Gasteiger partial charge >= 0.3 is 5.97 Å². The summed E-state index contributed by atoms with van der Waals surface area (Å²) in [4.78, 5) is 25.4. The Morgan fingerprint density at radius 3 is 2.25 bits per heavy atom. The molecule has 0 saturated carbocycles. The fourth-order valence-corrected chi connectivity index (χ4v) is 11.0. The van der Waals surface area contributed by atoms with Crippen molar-refractivity contribution in [2.75, 3.05) is 70.4 Å². The van der Waals surface area contributed by atoms with Crippen molar-refractivity contribution in [2.45, 2.75) is 83.5 Å². The molecule has 0 radical (unpaired) electrons. The highest BCUT2D eigenvalue weighted by molar-refractivity contribution is 14.1. The van der Waals surface area contributed by atoms with Gasteiger partial charge in [0.1, 0.15) is 6.54 Å². The minimum Gasteiger partial charge on any atom is -0.481 e. The van der Waals surface area contributed by atoms with E-state index in [-0.39, 0.29) is 30.1 Å². The third kappa shape index (κ3) is 15.1. The van der Waals surface area contributed by atoms with Gasteiger partial charge in [-0.25, -0.2) is 0 Å². The molecule has 2 aliphatic heterocycles. The molecule has 0 bridgehead atoms. The molecular formula is C46H62I2N3O9S+. The molecular weight excluding hydrogens is 1020 g/mol. The fraction of sp³-hybridized carbons (Fsp3) is 0.500. The van der Waals surface area contributed by atoms with Crippen LogP contribution < -0.4 is 10.2 Å². The second-order valence-electron chi connectivity index (χ2n) is 16.1. The van der Waals surface area contributed by atoms with Crippen LogP contribution in [-0.4, -0.2) is 106 Å². The second kappa shape index (κ2) is 24.2. The van der Waals surface area contributed by atoms with Gasteiger partial charge in [-0.2, -0.15) is 13.0 Å². The Bertz CT molecular complexity index is 2110. The van der Waals surface area contributed by atoms with Crippen LogP contribution in [0.25, 0.3) is 0 Å². The number of benzene rings is 2. The smallest absolute Gasteiger partial charge is 0.305 e. The predicted molar refractivity (Wildman–Crippen MR) is 259 cm³/mol. The molecule has 1 atom stereocenters. The highest BCUT2D eigenvalue weighted by atomic mass is 127. The van der Waals surface area contributed by atoms with Crippen LogP contribution in [0.4, 0.5) is 11.4 Å². The van der Waals surface area contributed by atoms with E-state index in [9.17, 15) is 22.6 Å². The number of hydrogen-bond acceptors (Lipinski definition) is 8. The molecule has 2 aliphatic rings. The molecule has 2 aromatic carbocycles. The first-order valence-corrected chi connectivity index (χ1v) is 24.6. The summed E-state index contributed by atoms with van der Waals surface area (Å²) in [5, 5.41) is 11.5. The van der Waals surface area contributed by atoms with E-state index in [0.717, 1.165) is 23.4 Å². The Balaban J connectivity index is 1.37. The van der Waals surface area contributed by atoms with Crippen molar-refractivity contribution in [1.82, 2.24) is 5.32 Å². The largest absolute Gasteiger partial charge is 0.481 e. The average molecular weight is 1090 g/mol. The normalized spacial score (nSPS) is 18.0. The number of carbonyl (C=O) groups is 2. The molecule has 61 heavy (non-hydrogen) atoms. The van der Waals surface area contributed by atoms with Gasteiger partial charge in [-0.3, -0.25) is 14.1 Å². The minimum atomic E-state index is -4.04. The number of unbranched alkanes of at least 4 members (excludes halogenated alkanes) is 2. The second-order valence-corrected chi connectivity index (χ2v) is 20.0. The summed E-state index contributed by atoms with van der Waals surface area (Å²) in [5.41, 5.74) is 7.87. The molecule has 0 aromatic heterocycles. The molecule has 0 fully saturated rings. The van der Waals surface area contributed by atoms with E-state index in [1.807, 2.05) is 18.2 Å². The quantitative estimate of drug-likeness (QED) is 0.0275. The number of carboxylic acid groups (broad SMARTS) is 1. The Labute approximate surface area is 389 Å². The first-order chi connectivity index (χ1) is 29.0. The fourth-order valence-electron chi connectivity index (χ4n) is 7.97. The number of likely N-dealkylation sites (N-methyl/N-ethyl adjacent to an activating group) is 1. The van der Waals surface area contributed by atoms with Crippen molar-refractivity contribution in [2.24, 2.45) is 0 Å². The number of carbonyl (C=O) groups excluding carboxylic acids is 1. The van der Waals surface area contributed by atoms with Crippen molar-refractivity contribution in [3.8, 4) is 0 Å². The SMILES string of the molecule is Cc1ccc2c(c1)C(C)(CCCCS(=O)(=O)O)C(/C=C/C=C/C=C/C=C1\N(C)c3cc(I)cc(I)c3C1(C)C)=[N+]2CCCCC(=O)NCCOCCOCCOCCC(=O)O. The van der Waals surface area contributed by atoms with Gasteiger partial charge in [0, 0.05) is 73.6 Å². The van der Waals surface area contributed by atoms with Gasteiger partial charge in [0.05, 0.1) is 57.2 Å². The molecule has 3 N–H and O–H groups in total. The van der Waals surface area contributed by atoms with Crippen LogP contribution in [0.5, 0.6) is 0 Å². The molecule has 0 spiro atoms. The van der Waals surface area contributed by atoms with E-state index in [1.165, 1.54) is 29.7 Å². The predicted octanol–water partition coefficient (Wildman–Crippen LogP) is 8.41. The van der Waals surface area contributed by atoms with E-state index in [1.54, 1.807) is 0 Å². The van der Waals surface area contributed by atoms with Gasteiger partial charge in [0.15, 0.2) is 5.71 Å². The molecule has 12 nitrogen and oxygen atoms in total. The van der Waals surface area contributed by atoms with Gasteiger partial charge in [-0.15, -0.1) is 0 Å². The Kier molecular flexibility index (Phi) is 20.1. The van der Waals surface area contributed by atoms with Crippen LogP contribution in [-0.2, 0) is 44.7 Å². The van der Waals surface area contributed by atoms with Crippen LogP contribution in [0.1, 0.15) is 82.4 Å². The number of aliphatic carboxylic acids is 1. The molecule has 2 aromatic rings. The molecule has 4 rings (SSSR count). The van der Waals surface area contributed by atoms with Crippen LogP contribution in [0.3, 0.4) is 0 Å². The molecule has 334 valence electrons. The van der Waals surface area contributed by atoms with Crippen LogP contribution in [0.15, 0.2) is 78.6 Å². The van der Waals surface area contributed by atoms with Crippen molar-refractivity contribution in [3.63, 3.8) is 0 Å². The maximum Gasteiger partial charge on any atom is 0.305 e. The molecule has 2 heterocycles. The number of aryl methyl sites for hydroxylation is 1. The third-order valence-electron chi connectivity index (χ3n) is 11.0. The van der Waals surface area contributed by atoms with Crippen molar-refractivity contribution in [1.29, 1.82) is 0 Å². The van der Waals surface area contributed by atoms with Crippen LogP contribution >= 0.6 is 45.2 Å². The topological polar surface area (TPSA) is 155 Å². The molecule has 15 heteroatoms. The number of fused-ring (bicyclic) bond motifs is 2. The summed E-state index contributed by atoms with van der Waals surface area (Å²) >= 11 is 4.83. The lowest BCUT2D eigenvalue weighted by Gasteiger charge is -2.24. The van der Waals surface area contributed by atoms with Gasteiger partial charge in [-0.05, 0) is 103 Å². The summed E-state index contributed by atoms with van der Waals surface area (Å²) in [6, 6.07) is 11.0. The summed E-state index contributed by atoms with van der Waals surface area (Å²) in [6.07, 6.45) is 18.1. The monoisotopic (exact) mass is 1090 g/mol. The molecule has 0 aliphatic carbocycles.